The van der Waals surface area contributed by atoms with Crippen molar-refractivity contribution in [3.63, 3.8) is 0 Å². The average Bonchev–Trinajstić information content (AvgIpc) is 3.11. The molecule has 1 aromatic heterocycles. The predicted octanol–water partition coefficient (Wildman–Crippen LogP) is 4.20. The third kappa shape index (κ3) is 5.26. The number of carbonyl (C=O) groups is 1. The number of nitrogens with zero attached hydrogens (tertiary/aromatic N) is 3. The molecule has 4 rings (SSSR count). The van der Waals surface area contributed by atoms with Gasteiger partial charge in [-0.2, -0.15) is 16.1 Å². The van der Waals surface area contributed by atoms with E-state index in [2.05, 4.69) is 24.1 Å². The molecule has 1 aliphatic heterocycles. The molecule has 0 radical (unpaired) electrons. The molecule has 1 amide bonds. The molecule has 1 N–H and O–H groups in total. The Morgan fingerprint density at radius 3 is 2.42 bits per heavy atom. The Hall–Kier alpha value is -2.36. The van der Waals surface area contributed by atoms with E-state index in [-0.39, 0.29) is 17.3 Å². The van der Waals surface area contributed by atoms with Crippen LogP contribution in [0.5, 0.6) is 0 Å². The summed E-state index contributed by atoms with van der Waals surface area (Å²) in [6, 6.07) is 14.2. The lowest BCUT2D eigenvalue weighted by molar-refractivity contribution is -0.116. The second-order valence-electron chi connectivity index (χ2n) is 8.88. The van der Waals surface area contributed by atoms with Crippen LogP contribution in [0.2, 0.25) is 0 Å². The van der Waals surface area contributed by atoms with Crippen molar-refractivity contribution in [1.29, 1.82) is 0 Å². The number of carbonyl (C=O) groups excluding carboxylic acids is 1. The van der Waals surface area contributed by atoms with Crippen molar-refractivity contribution in [2.45, 2.75) is 37.5 Å². The second kappa shape index (κ2) is 9.87. The van der Waals surface area contributed by atoms with Gasteiger partial charge >= 0.3 is 0 Å². The van der Waals surface area contributed by atoms with Gasteiger partial charge in [0.25, 0.3) is 0 Å². The summed E-state index contributed by atoms with van der Waals surface area (Å²) in [7, 11) is -3.54. The molecule has 0 spiro atoms. The van der Waals surface area contributed by atoms with Crippen LogP contribution in [-0.4, -0.2) is 47.5 Å². The van der Waals surface area contributed by atoms with Crippen molar-refractivity contribution in [2.75, 3.05) is 24.7 Å². The molecule has 0 saturated carbocycles. The molecule has 0 aliphatic carbocycles. The van der Waals surface area contributed by atoms with E-state index in [9.17, 15) is 13.2 Å². The molecule has 1 aliphatic rings. The highest BCUT2D eigenvalue weighted by atomic mass is 32.2. The number of nitrogens with one attached hydrogen (secondary N) is 1. The summed E-state index contributed by atoms with van der Waals surface area (Å²) in [6.45, 7) is 5.40. The molecule has 2 aromatic carbocycles. The fraction of sp³-hybridized carbons (Fsp3) is 0.417. The normalized spacial score (nSPS) is 19.6. The summed E-state index contributed by atoms with van der Waals surface area (Å²) in [5.74, 6) is 2.07. The van der Waals surface area contributed by atoms with E-state index < -0.39 is 10.0 Å². The predicted molar refractivity (Wildman–Crippen MR) is 134 cm³/mol. The topological polar surface area (TPSA) is 84.3 Å². The molecule has 1 fully saturated rings. The Bertz CT molecular complexity index is 1230. The zero-order valence-electron chi connectivity index (χ0n) is 19.2. The molecule has 0 bridgehead atoms. The molecule has 176 valence electrons. The average molecular weight is 487 g/mol. The van der Waals surface area contributed by atoms with Crippen LogP contribution in [0.3, 0.4) is 0 Å². The third-order valence-corrected chi connectivity index (χ3v) is 8.31. The standard InChI is InChI=1S/C24H30N4O3S2/c1-17-12-18(2)14-27(13-17)33(30,31)20-10-8-19(9-11-20)25-24(29)15-28-22-7-5-4-6-21(22)26-23(28)16-32-3/h4-11,17-18H,12-16H2,1-3H3,(H,25,29). The number of piperidine rings is 1. The van der Waals surface area contributed by atoms with E-state index >= 15 is 0 Å². The van der Waals surface area contributed by atoms with Gasteiger partial charge in [-0.05, 0) is 60.9 Å². The van der Waals surface area contributed by atoms with Crippen LogP contribution in [0.1, 0.15) is 26.1 Å². The summed E-state index contributed by atoms with van der Waals surface area (Å²) in [5.41, 5.74) is 2.35. The maximum absolute atomic E-state index is 13.1. The van der Waals surface area contributed by atoms with Gasteiger partial charge in [0.1, 0.15) is 12.4 Å². The number of aromatic nitrogens is 2. The zero-order chi connectivity index (χ0) is 23.6. The largest absolute Gasteiger partial charge is 0.325 e. The highest BCUT2D eigenvalue weighted by molar-refractivity contribution is 7.97. The lowest BCUT2D eigenvalue weighted by Gasteiger charge is -2.34. The minimum atomic E-state index is -3.54. The lowest BCUT2D eigenvalue weighted by Crippen LogP contribution is -2.42. The number of imidazole rings is 1. The van der Waals surface area contributed by atoms with E-state index in [4.69, 9.17) is 0 Å². The first-order chi connectivity index (χ1) is 15.8. The van der Waals surface area contributed by atoms with Crippen molar-refractivity contribution >= 4 is 44.4 Å². The molecular formula is C24H30N4O3S2. The molecule has 33 heavy (non-hydrogen) atoms. The van der Waals surface area contributed by atoms with Crippen LogP contribution in [0.25, 0.3) is 11.0 Å². The van der Waals surface area contributed by atoms with Gasteiger partial charge in [-0.15, -0.1) is 0 Å². The van der Waals surface area contributed by atoms with Gasteiger partial charge in [-0.3, -0.25) is 4.79 Å². The van der Waals surface area contributed by atoms with Crippen LogP contribution in [-0.2, 0) is 27.1 Å². The minimum absolute atomic E-state index is 0.139. The summed E-state index contributed by atoms with van der Waals surface area (Å²) < 4.78 is 29.7. The van der Waals surface area contributed by atoms with E-state index in [1.54, 1.807) is 40.3 Å². The first kappa shape index (κ1) is 23.8. The Morgan fingerprint density at radius 1 is 1.09 bits per heavy atom. The molecule has 1 saturated heterocycles. The number of fused-ring (bicyclic) bond motifs is 1. The molecule has 2 unspecified atom stereocenters. The van der Waals surface area contributed by atoms with Crippen molar-refractivity contribution < 1.29 is 13.2 Å². The van der Waals surface area contributed by atoms with E-state index in [0.717, 1.165) is 23.3 Å². The van der Waals surface area contributed by atoms with Crippen LogP contribution >= 0.6 is 11.8 Å². The van der Waals surface area contributed by atoms with E-state index in [1.807, 2.05) is 35.1 Å². The van der Waals surface area contributed by atoms with E-state index in [1.165, 1.54) is 0 Å². The summed E-state index contributed by atoms with van der Waals surface area (Å²) >= 11 is 1.65. The molecule has 2 heterocycles. The van der Waals surface area contributed by atoms with Crippen molar-refractivity contribution in [3.05, 3.63) is 54.4 Å². The van der Waals surface area contributed by atoms with Gasteiger partial charge in [0.2, 0.25) is 15.9 Å². The molecule has 2 atom stereocenters. The Labute approximate surface area is 199 Å². The van der Waals surface area contributed by atoms with Crippen LogP contribution in [0.4, 0.5) is 5.69 Å². The molecule has 9 heteroatoms. The Morgan fingerprint density at radius 2 is 1.76 bits per heavy atom. The van der Waals surface area contributed by atoms with Gasteiger partial charge < -0.3 is 9.88 Å². The molecule has 3 aromatic rings. The highest BCUT2D eigenvalue weighted by Crippen LogP contribution is 2.27. The number of benzene rings is 2. The smallest absolute Gasteiger partial charge is 0.244 e. The highest BCUT2D eigenvalue weighted by Gasteiger charge is 2.31. The van der Waals surface area contributed by atoms with Gasteiger partial charge in [-0.25, -0.2) is 13.4 Å². The number of para-hydroxylation sites is 2. The minimum Gasteiger partial charge on any atom is -0.325 e. The summed E-state index contributed by atoms with van der Waals surface area (Å²) in [5, 5.41) is 2.88. The summed E-state index contributed by atoms with van der Waals surface area (Å²) in [6.07, 6.45) is 3.05. The zero-order valence-corrected chi connectivity index (χ0v) is 20.8. The van der Waals surface area contributed by atoms with Crippen LogP contribution in [0, 0.1) is 11.8 Å². The van der Waals surface area contributed by atoms with Crippen LogP contribution in [0.15, 0.2) is 53.4 Å². The number of anilines is 1. The molecule has 7 nitrogen and oxygen atoms in total. The number of hydrogen-bond donors (Lipinski definition) is 1. The number of thioether (sulfide) groups is 1. The van der Waals surface area contributed by atoms with Crippen molar-refractivity contribution in [2.24, 2.45) is 11.8 Å². The van der Waals surface area contributed by atoms with Gasteiger partial charge in [0, 0.05) is 18.8 Å². The number of rotatable bonds is 7. The lowest BCUT2D eigenvalue weighted by atomic mass is 9.94. The first-order valence-electron chi connectivity index (χ1n) is 11.1. The number of sulfonamides is 1. The summed E-state index contributed by atoms with van der Waals surface area (Å²) in [4.78, 5) is 17.7. The van der Waals surface area contributed by atoms with Gasteiger partial charge in [0.05, 0.1) is 21.7 Å². The Kier molecular flexibility index (Phi) is 7.11. The van der Waals surface area contributed by atoms with Crippen LogP contribution < -0.4 is 5.32 Å². The monoisotopic (exact) mass is 486 g/mol. The maximum atomic E-state index is 13.1. The molecular weight excluding hydrogens is 456 g/mol. The quantitative estimate of drug-likeness (QED) is 0.541. The SMILES string of the molecule is CSCc1nc2ccccc2n1CC(=O)Nc1ccc(S(=O)(=O)N2CC(C)CC(C)C2)cc1. The van der Waals surface area contributed by atoms with Crippen molar-refractivity contribution in [3.8, 4) is 0 Å². The fourth-order valence-corrected chi connectivity index (χ4v) is 6.70. The Balaban J connectivity index is 1.47. The maximum Gasteiger partial charge on any atom is 0.244 e. The second-order valence-corrected chi connectivity index (χ2v) is 11.7. The fourth-order valence-electron chi connectivity index (χ4n) is 4.55. The van der Waals surface area contributed by atoms with E-state index in [0.29, 0.717) is 36.4 Å². The third-order valence-electron chi connectivity index (χ3n) is 5.92. The number of hydrogen-bond acceptors (Lipinski definition) is 5. The van der Waals surface area contributed by atoms with Gasteiger partial charge in [0.15, 0.2) is 0 Å². The number of amides is 1. The van der Waals surface area contributed by atoms with Crippen molar-refractivity contribution in [1.82, 2.24) is 13.9 Å². The first-order valence-corrected chi connectivity index (χ1v) is 13.9. The van der Waals surface area contributed by atoms with Gasteiger partial charge in [-0.1, -0.05) is 26.0 Å².